The van der Waals surface area contributed by atoms with Gasteiger partial charge in [0.15, 0.2) is 0 Å². The highest BCUT2D eigenvalue weighted by Crippen LogP contribution is 2.40. The van der Waals surface area contributed by atoms with Gasteiger partial charge in [-0.2, -0.15) is 0 Å². The minimum atomic E-state index is -0.357. The Hall–Kier alpha value is -8.76. The lowest BCUT2D eigenvalue weighted by atomic mass is 9.86. The fourth-order valence-corrected chi connectivity index (χ4v) is 13.2. The minimum absolute atomic E-state index is 0.00782. The van der Waals surface area contributed by atoms with E-state index in [0.717, 1.165) is 77.8 Å². The minimum Gasteiger partial charge on any atom is -0.461 e. The summed E-state index contributed by atoms with van der Waals surface area (Å²) < 4.78 is 33.8. The average Bonchev–Trinajstić information content (AvgIpc) is 1.03. The van der Waals surface area contributed by atoms with Crippen molar-refractivity contribution >= 4 is 35.8 Å². The van der Waals surface area contributed by atoms with Crippen molar-refractivity contribution in [1.29, 1.82) is 0 Å². The average molecular weight is 1380 g/mol. The SMILES string of the molecule is C=CCC(=O)OCc1ccc(OC(=O)CC=C)c(C(CCN(C(C)C)C(C)C)c2ccccc2)c1.CC(C)N(CCC(c1ccccc1)c1cc2ccc1OC(=O)CC=CCC(=O)OC2)C(C)C.CC(C)N(CCC(c1ccccc1)c1cc2ccc1OC(=O)CCCCC(=O)OC2)C(C)C. The zero-order valence-corrected chi connectivity index (χ0v) is 62.0. The van der Waals surface area contributed by atoms with Crippen LogP contribution in [-0.2, 0) is 62.8 Å². The number of fused-ring (bicyclic) bond motifs is 19. The van der Waals surface area contributed by atoms with Crippen LogP contribution in [0.5, 0.6) is 17.2 Å². The van der Waals surface area contributed by atoms with Gasteiger partial charge in [-0.05, 0) is 205 Å². The molecule has 0 fully saturated rings. The van der Waals surface area contributed by atoms with Gasteiger partial charge in [0.2, 0.25) is 0 Å². The van der Waals surface area contributed by atoms with Crippen LogP contribution in [-0.4, -0.2) is 106 Å². The van der Waals surface area contributed by atoms with E-state index in [1.807, 2.05) is 103 Å². The third-order valence-corrected chi connectivity index (χ3v) is 18.2. The van der Waals surface area contributed by atoms with Gasteiger partial charge < -0.3 is 28.4 Å². The highest BCUT2D eigenvalue weighted by Gasteiger charge is 2.28. The van der Waals surface area contributed by atoms with Crippen molar-refractivity contribution in [3.63, 3.8) is 0 Å². The zero-order chi connectivity index (χ0) is 73.4. The quantitative estimate of drug-likeness (QED) is 0.0197. The van der Waals surface area contributed by atoms with Crippen LogP contribution in [0.1, 0.15) is 222 Å². The number of ether oxygens (including phenoxy) is 6. The second kappa shape index (κ2) is 42.5. The van der Waals surface area contributed by atoms with Crippen LogP contribution in [0.2, 0.25) is 0 Å². The van der Waals surface area contributed by atoms with Gasteiger partial charge >= 0.3 is 35.8 Å². The van der Waals surface area contributed by atoms with Crippen molar-refractivity contribution in [3.8, 4) is 17.2 Å². The lowest BCUT2D eigenvalue weighted by Gasteiger charge is -2.32. The first-order valence-electron chi connectivity index (χ1n) is 36.2. The summed E-state index contributed by atoms with van der Waals surface area (Å²) in [6, 6.07) is 50.6. The maximum Gasteiger partial charge on any atom is 0.315 e. The summed E-state index contributed by atoms with van der Waals surface area (Å²) in [4.78, 5) is 80.8. The first kappa shape index (κ1) is 81.2. The van der Waals surface area contributed by atoms with E-state index in [-0.39, 0.29) is 99.1 Å². The molecule has 4 heterocycles. The Morgan fingerprint density at radius 1 is 0.446 bits per heavy atom. The molecule has 15 nitrogen and oxygen atoms in total. The Bertz CT molecular complexity index is 3590. The molecule has 542 valence electrons. The highest BCUT2D eigenvalue weighted by atomic mass is 16.6. The molecule has 0 saturated carbocycles. The van der Waals surface area contributed by atoms with Gasteiger partial charge in [0.25, 0.3) is 0 Å². The molecule has 0 aliphatic carbocycles. The largest absolute Gasteiger partial charge is 0.461 e. The van der Waals surface area contributed by atoms with E-state index in [0.29, 0.717) is 79.2 Å². The molecule has 6 aromatic carbocycles. The zero-order valence-electron chi connectivity index (χ0n) is 62.0. The molecule has 0 aromatic heterocycles. The molecule has 0 N–H and O–H groups in total. The Morgan fingerprint density at radius 2 is 0.832 bits per heavy atom. The molecule has 15 heteroatoms. The molecule has 4 bridgehead atoms. The van der Waals surface area contributed by atoms with Crippen molar-refractivity contribution in [3.05, 3.63) is 233 Å². The van der Waals surface area contributed by atoms with Gasteiger partial charge in [-0.1, -0.05) is 133 Å². The summed E-state index contributed by atoms with van der Waals surface area (Å²) in [5.74, 6) is -0.0531. The predicted octanol–water partition coefficient (Wildman–Crippen LogP) is 17.9. The third kappa shape index (κ3) is 26.9. The molecule has 0 radical (unpaired) electrons. The van der Waals surface area contributed by atoms with Crippen LogP contribution in [0.15, 0.2) is 183 Å². The number of benzene rings is 6. The number of hydrogen-bond donors (Lipinski definition) is 0. The predicted molar refractivity (Wildman–Crippen MR) is 402 cm³/mol. The number of nitrogens with zero attached hydrogens (tertiary/aromatic N) is 3. The number of carbonyl (C=O) groups excluding carboxylic acids is 6. The van der Waals surface area contributed by atoms with Crippen molar-refractivity contribution in [2.45, 2.75) is 228 Å². The van der Waals surface area contributed by atoms with Crippen LogP contribution < -0.4 is 14.2 Å². The number of rotatable bonds is 28. The van der Waals surface area contributed by atoms with Crippen LogP contribution in [0.25, 0.3) is 0 Å². The lowest BCUT2D eigenvalue weighted by Crippen LogP contribution is -2.38. The van der Waals surface area contributed by atoms with Crippen LogP contribution in [0, 0.1) is 0 Å². The summed E-state index contributed by atoms with van der Waals surface area (Å²) in [7, 11) is 0. The number of carbonyl (C=O) groups is 6. The Morgan fingerprint density at radius 3 is 1.26 bits per heavy atom. The standard InChI is InChI=1S/C30H39NO4.C28H37NO4.C28H35NO4/c1-7-12-29(32)34-21-24-16-17-28(35-30(33)13-8-2)27(20-24)26(25-14-10-9-11-15-25)18-19-31(22(3)4)23(5)6;2*1-20(2)29(21(3)4)17-16-24(23-10-6-5-7-11-23)25-18-22-14-15-26(25)33-28(31)13-9-8-12-27(30)32-19-22/h7-11,14-17,20,22-23,26H,1-2,12-13,18-19,21H2,3-6H3;5-7,10-11,14-15,18,20-21,24H,8-9,12-13,16-17,19H2,1-4H3;5-11,14-15,18,20-21,24H,12-13,16-17,19H2,1-4H3. The van der Waals surface area contributed by atoms with Crippen molar-refractivity contribution in [2.24, 2.45) is 0 Å². The first-order valence-corrected chi connectivity index (χ1v) is 36.2. The fraction of sp³-hybridized carbons (Fsp3) is 0.442. The third-order valence-electron chi connectivity index (χ3n) is 18.2. The van der Waals surface area contributed by atoms with E-state index >= 15 is 0 Å². The van der Waals surface area contributed by atoms with Gasteiger partial charge in [-0.3, -0.25) is 43.5 Å². The van der Waals surface area contributed by atoms with E-state index in [4.69, 9.17) is 28.4 Å². The molecular weight excluding hydrogens is 1270 g/mol. The summed E-state index contributed by atoms with van der Waals surface area (Å²) in [6.07, 6.45) is 11.4. The first-order chi connectivity index (χ1) is 48.5. The van der Waals surface area contributed by atoms with Crippen molar-refractivity contribution < 1.29 is 57.2 Å². The van der Waals surface area contributed by atoms with Crippen LogP contribution in [0.4, 0.5) is 0 Å². The van der Waals surface area contributed by atoms with Gasteiger partial charge in [0.1, 0.15) is 37.1 Å². The Labute approximate surface area is 602 Å². The van der Waals surface area contributed by atoms with Gasteiger partial charge in [0.05, 0.1) is 25.7 Å². The molecule has 0 amide bonds. The lowest BCUT2D eigenvalue weighted by molar-refractivity contribution is -0.145. The van der Waals surface area contributed by atoms with E-state index < -0.39 is 0 Å². The molecular formula is C86H111N3O12. The maximum absolute atomic E-state index is 12.6. The van der Waals surface area contributed by atoms with Gasteiger partial charge in [-0.25, -0.2) is 0 Å². The van der Waals surface area contributed by atoms with Gasteiger partial charge in [0, 0.05) is 83.5 Å². The van der Waals surface area contributed by atoms with Crippen molar-refractivity contribution in [2.75, 3.05) is 19.6 Å². The Kier molecular flexibility index (Phi) is 34.2. The topological polar surface area (TPSA) is 168 Å². The monoisotopic (exact) mass is 1380 g/mol. The summed E-state index contributed by atoms with van der Waals surface area (Å²) in [5.41, 5.74) is 8.93. The molecule has 0 saturated heterocycles. The fourth-order valence-electron chi connectivity index (χ4n) is 13.2. The number of hydrogen-bond acceptors (Lipinski definition) is 15. The Balaban J connectivity index is 0.000000238. The molecule has 6 aromatic rings. The maximum atomic E-state index is 12.6. The highest BCUT2D eigenvalue weighted by molar-refractivity contribution is 5.77. The van der Waals surface area contributed by atoms with E-state index in [2.05, 4.69) is 147 Å². The molecule has 3 atom stereocenters. The molecule has 0 spiro atoms. The van der Waals surface area contributed by atoms with E-state index in [1.54, 1.807) is 18.2 Å². The van der Waals surface area contributed by atoms with Crippen molar-refractivity contribution in [1.82, 2.24) is 14.7 Å². The van der Waals surface area contributed by atoms with E-state index in [9.17, 15) is 28.8 Å². The normalized spacial score (nSPS) is 14.6. The van der Waals surface area contributed by atoms with Gasteiger partial charge in [-0.15, -0.1) is 13.2 Å². The second-order valence-electron chi connectivity index (χ2n) is 27.6. The van der Waals surface area contributed by atoms with Crippen LogP contribution >= 0.6 is 0 Å². The summed E-state index contributed by atoms with van der Waals surface area (Å²) in [6.45, 7) is 37.1. The molecule has 4 aliphatic heterocycles. The summed E-state index contributed by atoms with van der Waals surface area (Å²) in [5, 5.41) is 0. The van der Waals surface area contributed by atoms with Crippen LogP contribution in [0.3, 0.4) is 0 Å². The molecule has 101 heavy (non-hydrogen) atoms. The smallest absolute Gasteiger partial charge is 0.315 e. The van der Waals surface area contributed by atoms with E-state index in [1.165, 1.54) is 23.3 Å². The molecule has 10 rings (SSSR count). The molecule has 4 aliphatic rings. The number of esters is 6. The second-order valence-corrected chi connectivity index (χ2v) is 27.6. The molecule has 3 unspecified atom stereocenters. The summed E-state index contributed by atoms with van der Waals surface area (Å²) >= 11 is 0.